The summed E-state index contributed by atoms with van der Waals surface area (Å²) in [4.78, 5) is 12.3. The Morgan fingerprint density at radius 2 is 1.74 bits per heavy atom. The average Bonchev–Trinajstić information content (AvgIpc) is 2.56. The number of ether oxygens (including phenoxy) is 2. The number of halogens is 1. The zero-order chi connectivity index (χ0) is 16.2. The predicted octanol–water partition coefficient (Wildman–Crippen LogP) is 2.71. The lowest BCUT2D eigenvalue weighted by Crippen LogP contribution is -2.49. The van der Waals surface area contributed by atoms with E-state index < -0.39 is 12.2 Å². The molecule has 0 spiro atoms. The van der Waals surface area contributed by atoms with Crippen LogP contribution in [0.4, 0.5) is 4.39 Å². The summed E-state index contributed by atoms with van der Waals surface area (Å²) >= 11 is 0. The van der Waals surface area contributed by atoms with Gasteiger partial charge in [0.2, 0.25) is 6.10 Å². The van der Waals surface area contributed by atoms with Crippen molar-refractivity contribution in [1.82, 2.24) is 5.32 Å². The molecule has 0 aromatic heterocycles. The first-order chi connectivity index (χ1) is 11.1. The molecule has 0 saturated heterocycles. The first-order valence-electron chi connectivity index (χ1n) is 7.58. The molecule has 0 radical (unpaired) electrons. The Morgan fingerprint density at radius 3 is 2.48 bits per heavy atom. The van der Waals surface area contributed by atoms with Gasteiger partial charge in [-0.15, -0.1) is 0 Å². The van der Waals surface area contributed by atoms with Crippen molar-refractivity contribution in [3.63, 3.8) is 0 Å². The number of rotatable bonds is 4. The molecule has 1 aliphatic heterocycles. The Bertz CT molecular complexity index is 704. The molecule has 5 heteroatoms. The summed E-state index contributed by atoms with van der Waals surface area (Å²) in [7, 11) is 0. The molecule has 23 heavy (non-hydrogen) atoms. The van der Waals surface area contributed by atoms with Crippen LogP contribution < -0.4 is 14.8 Å². The standard InChI is InChI=1S/C18H18FNO3/c1-12-17(23-16-9-5-4-8-15(16)22-12)18(21)20-11-10-13-6-2-3-7-14(13)19/h2-9,12,17H,10-11H2,1H3,(H,20,21). The van der Waals surface area contributed by atoms with Crippen LogP contribution in [-0.4, -0.2) is 24.7 Å². The number of carbonyl (C=O) groups is 1. The van der Waals surface area contributed by atoms with Gasteiger partial charge in [0.1, 0.15) is 11.9 Å². The van der Waals surface area contributed by atoms with Crippen LogP contribution >= 0.6 is 0 Å². The van der Waals surface area contributed by atoms with Crippen LogP contribution in [0, 0.1) is 5.82 Å². The lowest BCUT2D eigenvalue weighted by Gasteiger charge is -2.31. The van der Waals surface area contributed by atoms with Crippen LogP contribution in [0.1, 0.15) is 12.5 Å². The molecule has 3 rings (SSSR count). The molecule has 1 aliphatic rings. The maximum absolute atomic E-state index is 13.5. The fourth-order valence-corrected chi connectivity index (χ4v) is 2.53. The number of benzene rings is 2. The lowest BCUT2D eigenvalue weighted by atomic mass is 10.1. The van der Waals surface area contributed by atoms with Gasteiger partial charge in [-0.05, 0) is 37.1 Å². The highest BCUT2D eigenvalue weighted by atomic mass is 19.1. The van der Waals surface area contributed by atoms with E-state index in [0.29, 0.717) is 30.0 Å². The monoisotopic (exact) mass is 315 g/mol. The predicted molar refractivity (Wildman–Crippen MR) is 84.1 cm³/mol. The SMILES string of the molecule is CC1Oc2ccccc2OC1C(=O)NCCc1ccccc1F. The summed E-state index contributed by atoms with van der Waals surface area (Å²) < 4.78 is 25.0. The molecule has 2 aromatic carbocycles. The van der Waals surface area contributed by atoms with Crippen molar-refractivity contribution in [2.45, 2.75) is 25.6 Å². The van der Waals surface area contributed by atoms with E-state index in [2.05, 4.69) is 5.32 Å². The highest BCUT2D eigenvalue weighted by molar-refractivity contribution is 5.82. The van der Waals surface area contributed by atoms with Crippen molar-refractivity contribution >= 4 is 5.91 Å². The maximum Gasteiger partial charge on any atom is 0.265 e. The second-order valence-corrected chi connectivity index (χ2v) is 5.44. The Hall–Kier alpha value is -2.56. The number of hydrogen-bond donors (Lipinski definition) is 1. The summed E-state index contributed by atoms with van der Waals surface area (Å²) in [6, 6.07) is 13.8. The van der Waals surface area contributed by atoms with Crippen molar-refractivity contribution in [2.24, 2.45) is 0 Å². The molecule has 4 nitrogen and oxygen atoms in total. The summed E-state index contributed by atoms with van der Waals surface area (Å²) in [5.74, 6) is 0.667. The largest absolute Gasteiger partial charge is 0.482 e. The fraction of sp³-hybridized carbons (Fsp3) is 0.278. The van der Waals surface area contributed by atoms with Crippen LogP contribution in [0.3, 0.4) is 0 Å². The van der Waals surface area contributed by atoms with Gasteiger partial charge in [0, 0.05) is 6.54 Å². The van der Waals surface area contributed by atoms with E-state index >= 15 is 0 Å². The number of carbonyl (C=O) groups excluding carboxylic acids is 1. The van der Waals surface area contributed by atoms with E-state index in [-0.39, 0.29) is 11.7 Å². The molecule has 1 N–H and O–H groups in total. The van der Waals surface area contributed by atoms with E-state index in [9.17, 15) is 9.18 Å². The topological polar surface area (TPSA) is 47.6 Å². The van der Waals surface area contributed by atoms with Gasteiger partial charge >= 0.3 is 0 Å². The molecule has 0 bridgehead atoms. The van der Waals surface area contributed by atoms with E-state index in [1.54, 1.807) is 37.3 Å². The Kier molecular flexibility index (Phi) is 4.46. The summed E-state index contributed by atoms with van der Waals surface area (Å²) in [6.45, 7) is 2.13. The maximum atomic E-state index is 13.5. The normalized spacial score (nSPS) is 19.2. The van der Waals surface area contributed by atoms with Crippen LogP contribution in [0.2, 0.25) is 0 Å². The highest BCUT2D eigenvalue weighted by Gasteiger charge is 2.33. The van der Waals surface area contributed by atoms with Gasteiger partial charge in [0.15, 0.2) is 11.5 Å². The van der Waals surface area contributed by atoms with E-state index in [4.69, 9.17) is 9.47 Å². The third-order valence-corrected chi connectivity index (χ3v) is 3.75. The van der Waals surface area contributed by atoms with Crippen molar-refractivity contribution in [2.75, 3.05) is 6.54 Å². The van der Waals surface area contributed by atoms with Crippen LogP contribution in [0.15, 0.2) is 48.5 Å². The van der Waals surface area contributed by atoms with E-state index in [1.807, 2.05) is 12.1 Å². The number of nitrogens with one attached hydrogen (secondary N) is 1. The third-order valence-electron chi connectivity index (χ3n) is 3.75. The molecule has 2 aromatic rings. The zero-order valence-electron chi connectivity index (χ0n) is 12.8. The van der Waals surface area contributed by atoms with Crippen LogP contribution in [0.5, 0.6) is 11.5 Å². The minimum atomic E-state index is -0.717. The molecule has 0 saturated carbocycles. The van der Waals surface area contributed by atoms with Gasteiger partial charge in [-0.1, -0.05) is 30.3 Å². The van der Waals surface area contributed by atoms with Crippen molar-refractivity contribution < 1.29 is 18.7 Å². The molecule has 1 heterocycles. The molecule has 0 aliphatic carbocycles. The number of fused-ring (bicyclic) bond motifs is 1. The summed E-state index contributed by atoms with van der Waals surface area (Å²) in [5, 5.41) is 2.78. The Labute approximate surface area is 134 Å². The van der Waals surface area contributed by atoms with Gasteiger partial charge in [-0.2, -0.15) is 0 Å². The Balaban J connectivity index is 1.57. The molecule has 1 amide bonds. The number of amides is 1. The Morgan fingerprint density at radius 1 is 1.09 bits per heavy atom. The fourth-order valence-electron chi connectivity index (χ4n) is 2.53. The first kappa shape index (κ1) is 15.3. The first-order valence-corrected chi connectivity index (χ1v) is 7.58. The molecule has 0 fully saturated rings. The van der Waals surface area contributed by atoms with Crippen molar-refractivity contribution in [1.29, 1.82) is 0 Å². The molecular formula is C18H18FNO3. The second-order valence-electron chi connectivity index (χ2n) is 5.44. The van der Waals surface area contributed by atoms with Crippen LogP contribution in [-0.2, 0) is 11.2 Å². The van der Waals surface area contributed by atoms with E-state index in [1.165, 1.54) is 6.07 Å². The van der Waals surface area contributed by atoms with Crippen molar-refractivity contribution in [3.05, 3.63) is 59.9 Å². The van der Waals surface area contributed by atoms with Gasteiger partial charge < -0.3 is 14.8 Å². The van der Waals surface area contributed by atoms with Gasteiger partial charge in [-0.25, -0.2) is 4.39 Å². The van der Waals surface area contributed by atoms with Crippen molar-refractivity contribution in [3.8, 4) is 11.5 Å². The summed E-state index contributed by atoms with van der Waals surface area (Å²) in [5.41, 5.74) is 0.576. The molecule has 2 atom stereocenters. The van der Waals surface area contributed by atoms with Gasteiger partial charge in [0.05, 0.1) is 0 Å². The highest BCUT2D eigenvalue weighted by Crippen LogP contribution is 2.33. The minimum absolute atomic E-state index is 0.261. The summed E-state index contributed by atoms with van der Waals surface area (Å²) in [6.07, 6.45) is -0.680. The van der Waals surface area contributed by atoms with Gasteiger partial charge in [-0.3, -0.25) is 4.79 Å². The minimum Gasteiger partial charge on any atom is -0.482 e. The average molecular weight is 315 g/mol. The number of para-hydroxylation sites is 2. The van der Waals surface area contributed by atoms with Gasteiger partial charge in [0.25, 0.3) is 5.91 Å². The number of hydrogen-bond acceptors (Lipinski definition) is 3. The van der Waals surface area contributed by atoms with Crippen LogP contribution in [0.25, 0.3) is 0 Å². The molecular weight excluding hydrogens is 297 g/mol. The quantitative estimate of drug-likeness (QED) is 0.944. The third kappa shape index (κ3) is 3.44. The zero-order valence-corrected chi connectivity index (χ0v) is 12.8. The molecule has 120 valence electrons. The second kappa shape index (κ2) is 6.69. The van der Waals surface area contributed by atoms with E-state index in [0.717, 1.165) is 0 Å². The molecule has 2 unspecified atom stereocenters. The lowest BCUT2D eigenvalue weighted by molar-refractivity contribution is -0.133. The smallest absolute Gasteiger partial charge is 0.265 e.